The van der Waals surface area contributed by atoms with Crippen LogP contribution in [0.15, 0.2) is 10.7 Å². The van der Waals surface area contributed by atoms with Gasteiger partial charge in [-0.25, -0.2) is 13.8 Å². The second kappa shape index (κ2) is 5.90. The van der Waals surface area contributed by atoms with Gasteiger partial charge in [-0.15, -0.1) is 0 Å². The predicted octanol–water partition coefficient (Wildman–Crippen LogP) is 2.47. The standard InChI is InChI=1S/C10H11BrF2N2O2/c1-2-17-7(16)4-5-3-6(14)8(10(12)13)15-9(5)11/h3,10H,2,4,14H2,1H3. The number of carbonyl (C=O) groups excluding carboxylic acids is 1. The van der Waals surface area contributed by atoms with E-state index in [1.165, 1.54) is 6.07 Å². The summed E-state index contributed by atoms with van der Waals surface area (Å²) < 4.78 is 29.9. The number of nitrogens with two attached hydrogens (primary N) is 1. The third-order valence-corrected chi connectivity index (χ3v) is 2.64. The minimum atomic E-state index is -2.75. The van der Waals surface area contributed by atoms with Crippen LogP contribution in [0.4, 0.5) is 14.5 Å². The molecule has 0 aliphatic rings. The molecule has 0 saturated carbocycles. The van der Waals surface area contributed by atoms with Crippen molar-refractivity contribution in [2.75, 3.05) is 12.3 Å². The summed E-state index contributed by atoms with van der Waals surface area (Å²) in [5.41, 5.74) is 5.21. The fourth-order valence-corrected chi connectivity index (χ4v) is 1.68. The van der Waals surface area contributed by atoms with E-state index >= 15 is 0 Å². The smallest absolute Gasteiger partial charge is 0.310 e. The normalized spacial score (nSPS) is 10.6. The summed E-state index contributed by atoms with van der Waals surface area (Å²) in [7, 11) is 0. The third-order valence-electron chi connectivity index (χ3n) is 1.96. The zero-order chi connectivity index (χ0) is 13.0. The number of nitrogens with zero attached hydrogens (tertiary/aromatic N) is 1. The average molecular weight is 309 g/mol. The number of aromatic nitrogens is 1. The summed E-state index contributed by atoms with van der Waals surface area (Å²) in [5.74, 6) is -0.459. The number of rotatable bonds is 4. The van der Waals surface area contributed by atoms with Gasteiger partial charge in [0.25, 0.3) is 6.43 Å². The first kappa shape index (κ1) is 13.8. The lowest BCUT2D eigenvalue weighted by atomic mass is 10.1. The van der Waals surface area contributed by atoms with E-state index in [-0.39, 0.29) is 23.3 Å². The monoisotopic (exact) mass is 308 g/mol. The van der Waals surface area contributed by atoms with Crippen molar-refractivity contribution in [1.29, 1.82) is 0 Å². The third kappa shape index (κ3) is 3.62. The van der Waals surface area contributed by atoms with Crippen molar-refractivity contribution < 1.29 is 18.3 Å². The Morgan fingerprint density at radius 1 is 1.65 bits per heavy atom. The minimum Gasteiger partial charge on any atom is -0.466 e. The van der Waals surface area contributed by atoms with Crippen LogP contribution < -0.4 is 5.73 Å². The molecule has 1 rings (SSSR count). The van der Waals surface area contributed by atoms with Gasteiger partial charge in [0, 0.05) is 0 Å². The molecule has 0 aliphatic carbocycles. The van der Waals surface area contributed by atoms with Gasteiger partial charge in [0.05, 0.1) is 18.7 Å². The SMILES string of the molecule is CCOC(=O)Cc1cc(N)c(C(F)F)nc1Br. The molecule has 17 heavy (non-hydrogen) atoms. The fraction of sp³-hybridized carbons (Fsp3) is 0.400. The number of esters is 1. The molecule has 4 nitrogen and oxygen atoms in total. The molecule has 0 spiro atoms. The van der Waals surface area contributed by atoms with Crippen molar-refractivity contribution in [2.24, 2.45) is 0 Å². The van der Waals surface area contributed by atoms with Gasteiger partial charge in [-0.1, -0.05) is 0 Å². The molecular formula is C10H11BrF2N2O2. The number of carbonyl (C=O) groups is 1. The van der Waals surface area contributed by atoms with E-state index in [0.717, 1.165) is 0 Å². The van der Waals surface area contributed by atoms with Crippen LogP contribution in [-0.2, 0) is 16.0 Å². The van der Waals surface area contributed by atoms with Crippen LogP contribution in [0.5, 0.6) is 0 Å². The minimum absolute atomic E-state index is 0.0604. The average Bonchev–Trinajstić information content (AvgIpc) is 2.22. The van der Waals surface area contributed by atoms with E-state index in [1.807, 2.05) is 0 Å². The van der Waals surface area contributed by atoms with E-state index < -0.39 is 18.1 Å². The second-order valence-corrected chi connectivity index (χ2v) is 3.95. The summed E-state index contributed by atoms with van der Waals surface area (Å²) in [6.07, 6.45) is -2.81. The highest BCUT2D eigenvalue weighted by atomic mass is 79.9. The molecule has 1 aromatic heterocycles. The largest absolute Gasteiger partial charge is 0.466 e. The van der Waals surface area contributed by atoms with Crippen molar-refractivity contribution in [3.63, 3.8) is 0 Å². The number of hydrogen-bond acceptors (Lipinski definition) is 4. The Balaban J connectivity index is 2.95. The first-order chi connectivity index (χ1) is 7.95. The highest BCUT2D eigenvalue weighted by molar-refractivity contribution is 9.10. The Kier molecular flexibility index (Phi) is 4.80. The van der Waals surface area contributed by atoms with E-state index in [9.17, 15) is 13.6 Å². The number of anilines is 1. The van der Waals surface area contributed by atoms with Crippen LogP contribution >= 0.6 is 15.9 Å². The zero-order valence-corrected chi connectivity index (χ0v) is 10.6. The van der Waals surface area contributed by atoms with Gasteiger partial charge in [-0.3, -0.25) is 4.79 Å². The van der Waals surface area contributed by atoms with Crippen molar-refractivity contribution in [1.82, 2.24) is 4.98 Å². The molecule has 0 fully saturated rings. The van der Waals surface area contributed by atoms with Gasteiger partial charge in [0.2, 0.25) is 0 Å². The van der Waals surface area contributed by atoms with Crippen LogP contribution in [0.3, 0.4) is 0 Å². The molecule has 0 bridgehead atoms. The molecule has 0 unspecified atom stereocenters. The number of hydrogen-bond donors (Lipinski definition) is 1. The van der Waals surface area contributed by atoms with E-state index in [4.69, 9.17) is 10.5 Å². The fourth-order valence-electron chi connectivity index (χ4n) is 1.23. The zero-order valence-electron chi connectivity index (χ0n) is 9.04. The molecule has 1 heterocycles. The van der Waals surface area contributed by atoms with Gasteiger partial charge in [-0.2, -0.15) is 0 Å². The van der Waals surface area contributed by atoms with Gasteiger partial charge >= 0.3 is 5.97 Å². The first-order valence-corrected chi connectivity index (χ1v) is 5.63. The maximum atomic E-state index is 12.5. The molecule has 7 heteroatoms. The maximum absolute atomic E-state index is 12.5. The molecule has 0 radical (unpaired) electrons. The first-order valence-electron chi connectivity index (χ1n) is 4.84. The predicted molar refractivity (Wildman–Crippen MR) is 61.6 cm³/mol. The topological polar surface area (TPSA) is 65.2 Å². The van der Waals surface area contributed by atoms with Gasteiger partial charge in [0.1, 0.15) is 10.3 Å². The Hall–Kier alpha value is -1.24. The van der Waals surface area contributed by atoms with E-state index in [2.05, 4.69) is 20.9 Å². The molecular weight excluding hydrogens is 298 g/mol. The number of pyridine rings is 1. The number of alkyl halides is 2. The molecule has 0 aromatic carbocycles. The molecule has 1 aromatic rings. The Morgan fingerprint density at radius 3 is 2.82 bits per heavy atom. The second-order valence-electron chi connectivity index (χ2n) is 3.20. The highest BCUT2D eigenvalue weighted by Crippen LogP contribution is 2.27. The number of nitrogen functional groups attached to an aromatic ring is 1. The van der Waals surface area contributed by atoms with Gasteiger partial charge < -0.3 is 10.5 Å². The lowest BCUT2D eigenvalue weighted by Gasteiger charge is -2.09. The summed E-state index contributed by atoms with van der Waals surface area (Å²) in [6.45, 7) is 1.94. The molecule has 0 saturated heterocycles. The van der Waals surface area contributed by atoms with E-state index in [1.54, 1.807) is 6.92 Å². The highest BCUT2D eigenvalue weighted by Gasteiger charge is 2.17. The molecule has 0 amide bonds. The van der Waals surface area contributed by atoms with Crippen LogP contribution in [0.1, 0.15) is 24.6 Å². The lowest BCUT2D eigenvalue weighted by Crippen LogP contribution is -2.10. The number of ether oxygens (including phenoxy) is 1. The van der Waals surface area contributed by atoms with Crippen LogP contribution in [0.2, 0.25) is 0 Å². The lowest BCUT2D eigenvalue weighted by molar-refractivity contribution is -0.142. The maximum Gasteiger partial charge on any atom is 0.310 e. The summed E-state index contributed by atoms with van der Waals surface area (Å²) >= 11 is 3.02. The Bertz CT molecular complexity index is 427. The molecule has 0 aliphatic heterocycles. The van der Waals surface area contributed by atoms with E-state index in [0.29, 0.717) is 5.56 Å². The van der Waals surface area contributed by atoms with Crippen molar-refractivity contribution in [2.45, 2.75) is 19.8 Å². The van der Waals surface area contributed by atoms with Crippen LogP contribution in [0, 0.1) is 0 Å². The molecule has 2 N–H and O–H groups in total. The van der Waals surface area contributed by atoms with Gasteiger partial charge in [0.15, 0.2) is 0 Å². The quantitative estimate of drug-likeness (QED) is 0.685. The van der Waals surface area contributed by atoms with Crippen molar-refractivity contribution in [3.05, 3.63) is 21.9 Å². The van der Waals surface area contributed by atoms with Gasteiger partial charge in [-0.05, 0) is 34.5 Å². The van der Waals surface area contributed by atoms with Crippen molar-refractivity contribution >= 4 is 27.6 Å². The number of halogens is 3. The summed E-state index contributed by atoms with van der Waals surface area (Å²) in [6, 6.07) is 1.30. The Morgan fingerprint density at radius 2 is 2.29 bits per heavy atom. The Labute approximate surface area is 105 Å². The summed E-state index contributed by atoms with van der Waals surface area (Å²) in [4.78, 5) is 14.9. The molecule has 94 valence electrons. The molecule has 0 atom stereocenters. The van der Waals surface area contributed by atoms with Crippen LogP contribution in [0.25, 0.3) is 0 Å². The van der Waals surface area contributed by atoms with Crippen LogP contribution in [-0.4, -0.2) is 17.6 Å². The van der Waals surface area contributed by atoms with Crippen molar-refractivity contribution in [3.8, 4) is 0 Å². The summed E-state index contributed by atoms with van der Waals surface area (Å²) in [5, 5.41) is 0.